The maximum atomic E-state index is 12.3. The fraction of sp³-hybridized carbons (Fsp3) is 0.353. The summed E-state index contributed by atoms with van der Waals surface area (Å²) in [6, 6.07) is 6.61. The van der Waals surface area contributed by atoms with Crippen LogP contribution in [-0.4, -0.2) is 35.1 Å². The molecule has 2 rings (SSSR count). The summed E-state index contributed by atoms with van der Waals surface area (Å²) >= 11 is 0. The Hall–Kier alpha value is -3.03. The molecular formula is C17H23N5O3. The van der Waals surface area contributed by atoms with Crippen molar-refractivity contribution in [2.75, 3.05) is 13.7 Å². The first-order valence-electron chi connectivity index (χ1n) is 7.95. The van der Waals surface area contributed by atoms with Crippen molar-refractivity contribution in [2.24, 2.45) is 12.8 Å². The Morgan fingerprint density at radius 2 is 2.12 bits per heavy atom. The van der Waals surface area contributed by atoms with Crippen molar-refractivity contribution in [3.8, 4) is 5.75 Å². The highest BCUT2D eigenvalue weighted by molar-refractivity contribution is 5.75. The van der Waals surface area contributed by atoms with Gasteiger partial charge in [-0.15, -0.1) is 0 Å². The molecule has 2 aromatic rings. The number of primary amides is 1. The van der Waals surface area contributed by atoms with Crippen LogP contribution in [0, 0.1) is 0 Å². The lowest BCUT2D eigenvalue weighted by atomic mass is 10.0. The van der Waals surface area contributed by atoms with Crippen LogP contribution in [0.1, 0.15) is 30.3 Å². The molecule has 8 heteroatoms. The second-order valence-electron chi connectivity index (χ2n) is 5.54. The number of hydrogen-bond donors (Lipinski definition) is 3. The first-order valence-corrected chi connectivity index (χ1v) is 7.95. The summed E-state index contributed by atoms with van der Waals surface area (Å²) in [4.78, 5) is 27.3. The normalized spacial score (nSPS) is 11.6. The van der Waals surface area contributed by atoms with Gasteiger partial charge in [0.15, 0.2) is 0 Å². The molecular weight excluding hydrogens is 322 g/mol. The third-order valence-corrected chi connectivity index (χ3v) is 3.73. The number of para-hydroxylation sites is 1. The Labute approximate surface area is 146 Å². The SMILES string of the molecule is COc1ccccc1[C@@H](NC(=O)NCCCC(N)=O)c1nccn1C. The summed E-state index contributed by atoms with van der Waals surface area (Å²) in [5.41, 5.74) is 5.88. The Morgan fingerprint density at radius 3 is 2.76 bits per heavy atom. The maximum Gasteiger partial charge on any atom is 0.315 e. The zero-order chi connectivity index (χ0) is 18.2. The number of benzene rings is 1. The Balaban J connectivity index is 2.15. The third kappa shape index (κ3) is 4.97. The molecule has 0 aliphatic rings. The number of ether oxygens (including phenoxy) is 1. The zero-order valence-electron chi connectivity index (χ0n) is 14.4. The smallest absolute Gasteiger partial charge is 0.315 e. The first-order chi connectivity index (χ1) is 12.0. The molecule has 3 amide bonds. The van der Waals surface area contributed by atoms with E-state index >= 15 is 0 Å². The molecule has 1 heterocycles. The summed E-state index contributed by atoms with van der Waals surface area (Å²) in [6.07, 6.45) is 4.20. The van der Waals surface area contributed by atoms with Gasteiger partial charge in [0.05, 0.1) is 7.11 Å². The topological polar surface area (TPSA) is 111 Å². The molecule has 8 nitrogen and oxygen atoms in total. The van der Waals surface area contributed by atoms with E-state index in [1.165, 1.54) is 0 Å². The van der Waals surface area contributed by atoms with E-state index in [1.54, 1.807) is 13.3 Å². The second kappa shape index (κ2) is 8.72. The minimum Gasteiger partial charge on any atom is -0.496 e. The summed E-state index contributed by atoms with van der Waals surface area (Å²) in [5, 5.41) is 5.63. The number of carbonyl (C=O) groups is 2. The predicted molar refractivity (Wildman–Crippen MR) is 93.0 cm³/mol. The molecule has 0 bridgehead atoms. The number of nitrogens with zero attached hydrogens (tertiary/aromatic N) is 2. The highest BCUT2D eigenvalue weighted by atomic mass is 16.5. The molecule has 4 N–H and O–H groups in total. The van der Waals surface area contributed by atoms with Crippen LogP contribution >= 0.6 is 0 Å². The van der Waals surface area contributed by atoms with E-state index < -0.39 is 6.04 Å². The van der Waals surface area contributed by atoms with Crippen molar-refractivity contribution >= 4 is 11.9 Å². The lowest BCUT2D eigenvalue weighted by Gasteiger charge is -2.21. The number of aryl methyl sites for hydroxylation is 1. The molecule has 0 spiro atoms. The van der Waals surface area contributed by atoms with Gasteiger partial charge in [-0.1, -0.05) is 18.2 Å². The van der Waals surface area contributed by atoms with Crippen LogP contribution in [-0.2, 0) is 11.8 Å². The van der Waals surface area contributed by atoms with Gasteiger partial charge in [-0.05, 0) is 12.5 Å². The standard InChI is InChI=1S/C17H23N5O3/c1-22-11-10-19-16(22)15(12-6-3-4-7-13(12)25-2)21-17(24)20-9-5-8-14(18)23/h3-4,6-7,10-11,15H,5,8-9H2,1-2H3,(H2,18,23)(H2,20,21,24)/t15-/m1/s1. The van der Waals surface area contributed by atoms with E-state index in [0.717, 1.165) is 5.56 Å². The van der Waals surface area contributed by atoms with Crippen molar-refractivity contribution in [3.63, 3.8) is 0 Å². The van der Waals surface area contributed by atoms with Gasteiger partial charge in [0, 0.05) is 38.0 Å². The number of methoxy groups -OCH3 is 1. The highest BCUT2D eigenvalue weighted by Crippen LogP contribution is 2.28. The van der Waals surface area contributed by atoms with Gasteiger partial charge >= 0.3 is 6.03 Å². The number of hydrogen-bond acceptors (Lipinski definition) is 4. The van der Waals surface area contributed by atoms with Crippen LogP contribution < -0.4 is 21.1 Å². The van der Waals surface area contributed by atoms with Gasteiger partial charge in [-0.3, -0.25) is 4.79 Å². The molecule has 0 aliphatic carbocycles. The van der Waals surface area contributed by atoms with E-state index in [0.29, 0.717) is 24.5 Å². The van der Waals surface area contributed by atoms with E-state index in [9.17, 15) is 9.59 Å². The van der Waals surface area contributed by atoms with E-state index in [1.807, 2.05) is 42.1 Å². The minimum absolute atomic E-state index is 0.232. The van der Waals surface area contributed by atoms with Crippen LogP contribution in [0.4, 0.5) is 4.79 Å². The number of imidazole rings is 1. The van der Waals surface area contributed by atoms with Gasteiger partial charge in [0.1, 0.15) is 17.6 Å². The Bertz CT molecular complexity index is 729. The van der Waals surface area contributed by atoms with Crippen LogP contribution in [0.5, 0.6) is 5.75 Å². The van der Waals surface area contributed by atoms with Crippen LogP contribution in [0.25, 0.3) is 0 Å². The van der Waals surface area contributed by atoms with Gasteiger partial charge in [-0.25, -0.2) is 9.78 Å². The summed E-state index contributed by atoms with van der Waals surface area (Å²) in [5.74, 6) is 0.948. The average Bonchev–Trinajstić information content (AvgIpc) is 3.02. The number of nitrogens with two attached hydrogens (primary N) is 1. The molecule has 0 saturated heterocycles. The minimum atomic E-state index is -0.479. The number of amides is 3. The van der Waals surface area contributed by atoms with Crippen LogP contribution in [0.3, 0.4) is 0 Å². The fourth-order valence-electron chi connectivity index (χ4n) is 2.49. The lowest BCUT2D eigenvalue weighted by molar-refractivity contribution is -0.118. The van der Waals surface area contributed by atoms with Crippen LogP contribution in [0.15, 0.2) is 36.7 Å². The molecule has 0 fully saturated rings. The van der Waals surface area contributed by atoms with Gasteiger partial charge in [-0.2, -0.15) is 0 Å². The monoisotopic (exact) mass is 345 g/mol. The molecule has 0 saturated carbocycles. The highest BCUT2D eigenvalue weighted by Gasteiger charge is 2.23. The van der Waals surface area contributed by atoms with Crippen molar-refractivity contribution < 1.29 is 14.3 Å². The largest absolute Gasteiger partial charge is 0.496 e. The quantitative estimate of drug-likeness (QED) is 0.622. The first kappa shape index (κ1) is 18.3. The Kier molecular flexibility index (Phi) is 6.39. The van der Waals surface area contributed by atoms with Gasteiger partial charge in [0.2, 0.25) is 5.91 Å². The Morgan fingerprint density at radius 1 is 1.36 bits per heavy atom. The molecule has 25 heavy (non-hydrogen) atoms. The lowest BCUT2D eigenvalue weighted by Crippen LogP contribution is -2.40. The number of rotatable bonds is 8. The average molecular weight is 345 g/mol. The molecule has 1 aromatic heterocycles. The molecule has 0 radical (unpaired) electrons. The third-order valence-electron chi connectivity index (χ3n) is 3.73. The second-order valence-corrected chi connectivity index (χ2v) is 5.54. The van der Waals surface area contributed by atoms with E-state index in [4.69, 9.17) is 10.5 Å². The number of nitrogens with one attached hydrogen (secondary N) is 2. The fourth-order valence-corrected chi connectivity index (χ4v) is 2.49. The maximum absolute atomic E-state index is 12.3. The van der Waals surface area contributed by atoms with Crippen molar-refractivity contribution in [2.45, 2.75) is 18.9 Å². The number of aromatic nitrogens is 2. The molecule has 0 unspecified atom stereocenters. The van der Waals surface area contributed by atoms with Crippen molar-refractivity contribution in [1.82, 2.24) is 20.2 Å². The molecule has 0 aliphatic heterocycles. The summed E-state index contributed by atoms with van der Waals surface area (Å²) < 4.78 is 7.25. The predicted octanol–water partition coefficient (Wildman–Crippen LogP) is 1.08. The summed E-state index contributed by atoms with van der Waals surface area (Å²) in [7, 11) is 3.44. The van der Waals surface area contributed by atoms with Gasteiger partial charge < -0.3 is 25.7 Å². The van der Waals surface area contributed by atoms with Crippen molar-refractivity contribution in [3.05, 3.63) is 48.0 Å². The van der Waals surface area contributed by atoms with Gasteiger partial charge in [0.25, 0.3) is 0 Å². The van der Waals surface area contributed by atoms with Crippen molar-refractivity contribution in [1.29, 1.82) is 0 Å². The molecule has 1 atom stereocenters. The number of carbonyl (C=O) groups excluding carboxylic acids is 2. The van der Waals surface area contributed by atoms with Crippen LogP contribution in [0.2, 0.25) is 0 Å². The van der Waals surface area contributed by atoms with E-state index in [2.05, 4.69) is 15.6 Å². The molecule has 1 aromatic carbocycles. The molecule has 134 valence electrons. The zero-order valence-corrected chi connectivity index (χ0v) is 14.4. The van der Waals surface area contributed by atoms with E-state index in [-0.39, 0.29) is 18.4 Å². The summed E-state index contributed by atoms with van der Waals surface area (Å²) in [6.45, 7) is 0.355. The number of urea groups is 1.